The second kappa shape index (κ2) is 6.76. The van der Waals surface area contributed by atoms with Crippen molar-refractivity contribution < 1.29 is 10.0 Å². The lowest BCUT2D eigenvalue weighted by Gasteiger charge is -2.08. The fraction of sp³-hybridized carbons (Fsp3) is 0.0667. The Labute approximate surface area is 127 Å². The number of benzene rings is 2. The molecule has 108 valence electrons. The number of hydrogen-bond acceptors (Lipinski definition) is 3. The smallest absolute Gasteiger partial charge is 0.228 e. The first-order valence-electron chi connectivity index (χ1n) is 6.21. The van der Waals surface area contributed by atoms with Crippen molar-refractivity contribution in [2.75, 3.05) is 5.32 Å². The number of nitrogens with zero attached hydrogens (tertiary/aromatic N) is 1. The van der Waals surface area contributed by atoms with Crippen LogP contribution in [-0.2, 0) is 11.2 Å². The molecule has 0 bridgehead atoms. The summed E-state index contributed by atoms with van der Waals surface area (Å²) in [5, 5.41) is 14.6. The highest BCUT2D eigenvalue weighted by Gasteiger charge is 2.09. The van der Waals surface area contributed by atoms with Crippen LogP contribution in [0.2, 0.25) is 5.02 Å². The van der Waals surface area contributed by atoms with E-state index in [9.17, 15) is 4.79 Å². The van der Waals surface area contributed by atoms with Gasteiger partial charge in [0, 0.05) is 5.56 Å². The molecule has 0 aromatic heterocycles. The fourth-order valence-electron chi connectivity index (χ4n) is 1.81. The first-order valence-corrected chi connectivity index (χ1v) is 6.59. The third kappa shape index (κ3) is 3.97. The van der Waals surface area contributed by atoms with Gasteiger partial charge in [-0.25, -0.2) is 0 Å². The van der Waals surface area contributed by atoms with E-state index in [2.05, 4.69) is 10.5 Å². The van der Waals surface area contributed by atoms with Crippen LogP contribution in [0.4, 0.5) is 5.69 Å². The van der Waals surface area contributed by atoms with E-state index in [0.717, 1.165) is 5.56 Å². The summed E-state index contributed by atoms with van der Waals surface area (Å²) in [6.45, 7) is 0. The van der Waals surface area contributed by atoms with Crippen LogP contribution in [-0.4, -0.2) is 17.0 Å². The zero-order chi connectivity index (χ0) is 15.2. The van der Waals surface area contributed by atoms with E-state index in [1.165, 1.54) is 6.07 Å². The average molecular weight is 304 g/mol. The lowest BCUT2D eigenvalue weighted by atomic mass is 10.1. The first kappa shape index (κ1) is 14.9. The molecule has 2 aromatic carbocycles. The van der Waals surface area contributed by atoms with Crippen LogP contribution in [0.5, 0.6) is 0 Å². The number of oxime groups is 1. The molecule has 0 saturated carbocycles. The minimum atomic E-state index is -0.167. The van der Waals surface area contributed by atoms with E-state index in [4.69, 9.17) is 22.5 Å². The van der Waals surface area contributed by atoms with Crippen molar-refractivity contribution in [3.05, 3.63) is 64.7 Å². The number of halogens is 1. The van der Waals surface area contributed by atoms with E-state index in [0.29, 0.717) is 16.3 Å². The second-order valence-corrected chi connectivity index (χ2v) is 4.80. The third-order valence-corrected chi connectivity index (χ3v) is 3.17. The molecular weight excluding hydrogens is 290 g/mol. The predicted molar refractivity (Wildman–Crippen MR) is 82.7 cm³/mol. The average Bonchev–Trinajstić information content (AvgIpc) is 2.49. The van der Waals surface area contributed by atoms with Crippen molar-refractivity contribution in [1.29, 1.82) is 0 Å². The molecule has 6 heteroatoms. The number of hydrogen-bond donors (Lipinski definition) is 3. The number of carbonyl (C=O) groups is 1. The molecule has 0 atom stereocenters. The van der Waals surface area contributed by atoms with Gasteiger partial charge in [-0.3, -0.25) is 4.79 Å². The highest BCUT2D eigenvalue weighted by molar-refractivity contribution is 6.34. The Morgan fingerprint density at radius 2 is 1.95 bits per heavy atom. The van der Waals surface area contributed by atoms with Crippen molar-refractivity contribution in [3.8, 4) is 0 Å². The number of amidine groups is 1. The van der Waals surface area contributed by atoms with Gasteiger partial charge in [-0.1, -0.05) is 47.1 Å². The summed E-state index contributed by atoms with van der Waals surface area (Å²) >= 11 is 6.07. The van der Waals surface area contributed by atoms with Gasteiger partial charge in [-0.2, -0.15) is 0 Å². The van der Waals surface area contributed by atoms with Crippen molar-refractivity contribution in [3.63, 3.8) is 0 Å². The van der Waals surface area contributed by atoms with Crippen LogP contribution in [0.25, 0.3) is 0 Å². The lowest BCUT2D eigenvalue weighted by Crippen LogP contribution is -2.16. The molecule has 0 spiro atoms. The molecule has 0 unspecified atom stereocenters. The molecule has 0 aliphatic carbocycles. The van der Waals surface area contributed by atoms with Crippen molar-refractivity contribution in [2.45, 2.75) is 6.42 Å². The second-order valence-electron chi connectivity index (χ2n) is 4.39. The van der Waals surface area contributed by atoms with Crippen LogP contribution < -0.4 is 11.1 Å². The third-order valence-electron chi connectivity index (χ3n) is 2.85. The van der Waals surface area contributed by atoms with Gasteiger partial charge >= 0.3 is 0 Å². The van der Waals surface area contributed by atoms with Gasteiger partial charge in [0.1, 0.15) is 0 Å². The Bertz CT molecular complexity index is 672. The Morgan fingerprint density at radius 3 is 2.57 bits per heavy atom. The highest BCUT2D eigenvalue weighted by atomic mass is 35.5. The topological polar surface area (TPSA) is 87.7 Å². The molecular formula is C15H14ClN3O2. The summed E-state index contributed by atoms with van der Waals surface area (Å²) in [5.41, 5.74) is 7.34. The molecule has 0 fully saturated rings. The maximum Gasteiger partial charge on any atom is 0.228 e. The molecule has 1 amide bonds. The SMILES string of the molecule is N/C(=N/O)c1ccc(NC(=O)Cc2ccccc2)c(Cl)c1. The minimum absolute atomic E-state index is 0.0425. The maximum absolute atomic E-state index is 12.0. The lowest BCUT2D eigenvalue weighted by molar-refractivity contribution is -0.115. The van der Waals surface area contributed by atoms with E-state index >= 15 is 0 Å². The van der Waals surface area contributed by atoms with Crippen molar-refractivity contribution >= 4 is 29.0 Å². The van der Waals surface area contributed by atoms with Crippen LogP contribution >= 0.6 is 11.6 Å². The zero-order valence-electron chi connectivity index (χ0n) is 11.1. The Kier molecular flexibility index (Phi) is 4.79. The number of rotatable bonds is 4. The standard InChI is InChI=1S/C15H14ClN3O2/c16-12-9-11(15(17)19-21)6-7-13(12)18-14(20)8-10-4-2-1-3-5-10/h1-7,9,21H,8H2,(H2,17,19)(H,18,20). The fourth-order valence-corrected chi connectivity index (χ4v) is 2.04. The zero-order valence-corrected chi connectivity index (χ0v) is 11.8. The van der Waals surface area contributed by atoms with Gasteiger partial charge in [-0.15, -0.1) is 0 Å². The van der Waals surface area contributed by atoms with Gasteiger partial charge < -0.3 is 16.3 Å². The molecule has 2 rings (SSSR count). The van der Waals surface area contributed by atoms with Gasteiger partial charge in [0.2, 0.25) is 5.91 Å². The van der Waals surface area contributed by atoms with Gasteiger partial charge in [0.15, 0.2) is 5.84 Å². The summed E-state index contributed by atoms with van der Waals surface area (Å²) < 4.78 is 0. The number of nitrogens with two attached hydrogens (primary N) is 1. The van der Waals surface area contributed by atoms with Gasteiger partial charge in [0.05, 0.1) is 17.1 Å². The summed E-state index contributed by atoms with van der Waals surface area (Å²) in [6.07, 6.45) is 0.263. The van der Waals surface area contributed by atoms with E-state index in [-0.39, 0.29) is 18.2 Å². The molecule has 5 nitrogen and oxygen atoms in total. The van der Waals surface area contributed by atoms with E-state index < -0.39 is 0 Å². The van der Waals surface area contributed by atoms with Gasteiger partial charge in [-0.05, 0) is 23.8 Å². The summed E-state index contributed by atoms with van der Waals surface area (Å²) in [7, 11) is 0. The number of nitrogens with one attached hydrogen (secondary N) is 1. The summed E-state index contributed by atoms with van der Waals surface area (Å²) in [4.78, 5) is 12.0. The summed E-state index contributed by atoms with van der Waals surface area (Å²) in [5.74, 6) is -0.210. The predicted octanol–water partition coefficient (Wildman–Crippen LogP) is 2.62. The largest absolute Gasteiger partial charge is 0.409 e. The normalized spacial score (nSPS) is 11.2. The Hall–Kier alpha value is -2.53. The monoisotopic (exact) mass is 303 g/mol. The molecule has 4 N–H and O–H groups in total. The quantitative estimate of drug-likeness (QED) is 0.351. The number of anilines is 1. The Morgan fingerprint density at radius 1 is 1.24 bits per heavy atom. The molecule has 0 radical (unpaired) electrons. The van der Waals surface area contributed by atoms with Crippen LogP contribution in [0.15, 0.2) is 53.7 Å². The van der Waals surface area contributed by atoms with Crippen LogP contribution in [0.3, 0.4) is 0 Å². The highest BCUT2D eigenvalue weighted by Crippen LogP contribution is 2.23. The van der Waals surface area contributed by atoms with E-state index in [1.807, 2.05) is 30.3 Å². The van der Waals surface area contributed by atoms with E-state index in [1.54, 1.807) is 12.1 Å². The molecule has 0 heterocycles. The van der Waals surface area contributed by atoms with Crippen LogP contribution in [0, 0.1) is 0 Å². The molecule has 21 heavy (non-hydrogen) atoms. The molecule has 2 aromatic rings. The Balaban J connectivity index is 2.08. The first-order chi connectivity index (χ1) is 10.1. The van der Waals surface area contributed by atoms with Crippen molar-refractivity contribution in [1.82, 2.24) is 0 Å². The molecule has 0 saturated heterocycles. The van der Waals surface area contributed by atoms with Crippen molar-refractivity contribution in [2.24, 2.45) is 10.9 Å². The number of carbonyl (C=O) groups excluding carboxylic acids is 1. The van der Waals surface area contributed by atoms with Crippen LogP contribution in [0.1, 0.15) is 11.1 Å². The number of amides is 1. The molecule has 0 aliphatic rings. The molecule has 0 aliphatic heterocycles. The minimum Gasteiger partial charge on any atom is -0.409 e. The van der Waals surface area contributed by atoms with Gasteiger partial charge in [0.25, 0.3) is 0 Å². The summed E-state index contributed by atoms with van der Waals surface area (Å²) in [6, 6.07) is 14.1. The maximum atomic E-state index is 12.0.